The highest BCUT2D eigenvalue weighted by atomic mass is 79.9. The Bertz CT molecular complexity index is 433. The van der Waals surface area contributed by atoms with Crippen molar-refractivity contribution in [3.05, 3.63) is 16.5 Å². The molecule has 0 amide bonds. The molecule has 0 bridgehead atoms. The van der Waals surface area contributed by atoms with E-state index in [4.69, 9.17) is 4.98 Å². The van der Waals surface area contributed by atoms with Gasteiger partial charge in [0, 0.05) is 24.6 Å². The van der Waals surface area contributed by atoms with Gasteiger partial charge in [-0.25, -0.2) is 9.97 Å². The monoisotopic (exact) mass is 341 g/mol. The van der Waals surface area contributed by atoms with Crippen molar-refractivity contribution in [2.75, 3.05) is 18.1 Å². The summed E-state index contributed by atoms with van der Waals surface area (Å²) in [6, 6.07) is 2.47. The van der Waals surface area contributed by atoms with Gasteiger partial charge in [0.1, 0.15) is 16.2 Å². The number of halogens is 1. The molecule has 1 aromatic heterocycles. The SMILES string of the molecule is CC(C)c1nc(Br)cc(N(CCO)C2CCCCC2)n1. The fraction of sp³-hybridized carbons (Fsp3) is 0.733. The predicted octanol–water partition coefficient (Wildman–Crippen LogP) is 3.49. The quantitative estimate of drug-likeness (QED) is 0.832. The van der Waals surface area contributed by atoms with Crippen molar-refractivity contribution in [1.29, 1.82) is 0 Å². The molecular weight excluding hydrogens is 318 g/mol. The summed E-state index contributed by atoms with van der Waals surface area (Å²) in [5, 5.41) is 9.38. The Morgan fingerprint density at radius 2 is 2.00 bits per heavy atom. The second kappa shape index (κ2) is 7.36. The first-order valence-electron chi connectivity index (χ1n) is 7.53. The van der Waals surface area contributed by atoms with E-state index in [1.54, 1.807) is 0 Å². The van der Waals surface area contributed by atoms with Crippen LogP contribution in [0.5, 0.6) is 0 Å². The van der Waals surface area contributed by atoms with Crippen LogP contribution in [0.1, 0.15) is 57.7 Å². The van der Waals surface area contributed by atoms with Crippen molar-refractivity contribution in [1.82, 2.24) is 9.97 Å². The Morgan fingerprint density at radius 3 is 2.60 bits per heavy atom. The molecular formula is C15H24BrN3O. The summed E-state index contributed by atoms with van der Waals surface area (Å²) in [5.41, 5.74) is 0. The van der Waals surface area contributed by atoms with Crippen molar-refractivity contribution in [3.8, 4) is 0 Å². The summed E-state index contributed by atoms with van der Waals surface area (Å²) in [6.07, 6.45) is 6.26. The number of aliphatic hydroxyl groups excluding tert-OH is 1. The van der Waals surface area contributed by atoms with E-state index in [0.717, 1.165) is 16.2 Å². The van der Waals surface area contributed by atoms with Crippen LogP contribution in [-0.4, -0.2) is 34.3 Å². The molecule has 0 unspecified atom stereocenters. The van der Waals surface area contributed by atoms with Gasteiger partial charge in [0.05, 0.1) is 6.61 Å². The first-order valence-corrected chi connectivity index (χ1v) is 8.33. The smallest absolute Gasteiger partial charge is 0.134 e. The zero-order valence-corrected chi connectivity index (χ0v) is 13.9. The molecule has 0 radical (unpaired) electrons. The van der Waals surface area contributed by atoms with Crippen molar-refractivity contribution < 1.29 is 5.11 Å². The van der Waals surface area contributed by atoms with Crippen LogP contribution in [0, 0.1) is 0 Å². The number of hydrogen-bond donors (Lipinski definition) is 1. The number of aliphatic hydroxyl groups is 1. The molecule has 0 atom stereocenters. The third-order valence-electron chi connectivity index (χ3n) is 3.87. The molecule has 4 nitrogen and oxygen atoms in total. The van der Waals surface area contributed by atoms with Crippen molar-refractivity contribution in [3.63, 3.8) is 0 Å². The molecule has 0 spiro atoms. The van der Waals surface area contributed by atoms with Crippen LogP contribution in [0.3, 0.4) is 0 Å². The van der Waals surface area contributed by atoms with Crippen LogP contribution >= 0.6 is 15.9 Å². The Hall–Kier alpha value is -0.680. The van der Waals surface area contributed by atoms with Gasteiger partial charge in [0.15, 0.2) is 0 Å². The van der Waals surface area contributed by atoms with Crippen LogP contribution in [0.25, 0.3) is 0 Å². The number of hydrogen-bond acceptors (Lipinski definition) is 4. The Morgan fingerprint density at radius 1 is 1.30 bits per heavy atom. The molecule has 0 aliphatic heterocycles. The molecule has 1 fully saturated rings. The lowest BCUT2D eigenvalue weighted by molar-refractivity contribution is 0.289. The summed E-state index contributed by atoms with van der Waals surface area (Å²) < 4.78 is 0.824. The minimum atomic E-state index is 0.162. The molecule has 1 aromatic rings. The molecule has 1 saturated carbocycles. The average molecular weight is 342 g/mol. The molecule has 1 aliphatic carbocycles. The minimum absolute atomic E-state index is 0.162. The molecule has 2 rings (SSSR count). The van der Waals surface area contributed by atoms with Gasteiger partial charge in [0.2, 0.25) is 0 Å². The standard InChI is InChI=1S/C15H24BrN3O/c1-11(2)15-17-13(16)10-14(18-15)19(8-9-20)12-6-4-3-5-7-12/h10-12,20H,3-9H2,1-2H3. The van der Waals surface area contributed by atoms with E-state index in [0.29, 0.717) is 18.5 Å². The molecule has 20 heavy (non-hydrogen) atoms. The first-order chi connectivity index (χ1) is 9.61. The van der Waals surface area contributed by atoms with E-state index in [1.807, 2.05) is 6.07 Å². The fourth-order valence-corrected chi connectivity index (χ4v) is 3.20. The van der Waals surface area contributed by atoms with E-state index >= 15 is 0 Å². The summed E-state index contributed by atoms with van der Waals surface area (Å²) in [4.78, 5) is 11.4. The molecule has 5 heteroatoms. The maximum absolute atomic E-state index is 9.38. The number of rotatable bonds is 5. The van der Waals surface area contributed by atoms with Gasteiger partial charge in [-0.1, -0.05) is 33.1 Å². The van der Waals surface area contributed by atoms with Crippen LogP contribution in [-0.2, 0) is 0 Å². The third-order valence-corrected chi connectivity index (χ3v) is 4.27. The summed E-state index contributed by atoms with van der Waals surface area (Å²) >= 11 is 3.48. The van der Waals surface area contributed by atoms with Gasteiger partial charge < -0.3 is 10.0 Å². The van der Waals surface area contributed by atoms with Crippen LogP contribution in [0.2, 0.25) is 0 Å². The van der Waals surface area contributed by atoms with E-state index in [9.17, 15) is 5.11 Å². The Labute approximate surface area is 129 Å². The summed E-state index contributed by atoms with van der Waals surface area (Å²) in [7, 11) is 0. The number of aromatic nitrogens is 2. The molecule has 0 aromatic carbocycles. The van der Waals surface area contributed by atoms with E-state index in [-0.39, 0.29) is 6.61 Å². The second-order valence-electron chi connectivity index (χ2n) is 5.77. The van der Waals surface area contributed by atoms with E-state index < -0.39 is 0 Å². The highest BCUT2D eigenvalue weighted by Gasteiger charge is 2.23. The van der Waals surface area contributed by atoms with Gasteiger partial charge in [-0.15, -0.1) is 0 Å². The second-order valence-corrected chi connectivity index (χ2v) is 6.58. The van der Waals surface area contributed by atoms with Crippen LogP contribution in [0.15, 0.2) is 10.7 Å². The van der Waals surface area contributed by atoms with Gasteiger partial charge in [-0.3, -0.25) is 0 Å². The molecule has 1 N–H and O–H groups in total. The number of nitrogens with zero attached hydrogens (tertiary/aromatic N) is 3. The van der Waals surface area contributed by atoms with E-state index in [2.05, 4.69) is 39.7 Å². The summed E-state index contributed by atoms with van der Waals surface area (Å²) in [6.45, 7) is 5.01. The Balaban J connectivity index is 2.27. The zero-order chi connectivity index (χ0) is 14.5. The topological polar surface area (TPSA) is 49.2 Å². The van der Waals surface area contributed by atoms with Gasteiger partial charge >= 0.3 is 0 Å². The lowest BCUT2D eigenvalue weighted by atomic mass is 9.94. The Kier molecular flexibility index (Phi) is 5.78. The average Bonchev–Trinajstić information content (AvgIpc) is 2.45. The zero-order valence-electron chi connectivity index (χ0n) is 12.3. The highest BCUT2D eigenvalue weighted by Crippen LogP contribution is 2.28. The van der Waals surface area contributed by atoms with Gasteiger partial charge in [0.25, 0.3) is 0 Å². The lowest BCUT2D eigenvalue weighted by Gasteiger charge is -2.35. The van der Waals surface area contributed by atoms with Crippen LogP contribution in [0.4, 0.5) is 5.82 Å². The maximum atomic E-state index is 9.38. The minimum Gasteiger partial charge on any atom is -0.395 e. The number of anilines is 1. The first kappa shape index (κ1) is 15.7. The maximum Gasteiger partial charge on any atom is 0.134 e. The van der Waals surface area contributed by atoms with Crippen molar-refractivity contribution in [2.45, 2.75) is 57.9 Å². The normalized spacial score (nSPS) is 16.6. The predicted molar refractivity (Wildman–Crippen MR) is 85.1 cm³/mol. The molecule has 112 valence electrons. The van der Waals surface area contributed by atoms with Gasteiger partial charge in [-0.2, -0.15) is 0 Å². The molecule has 0 saturated heterocycles. The highest BCUT2D eigenvalue weighted by molar-refractivity contribution is 9.10. The van der Waals surface area contributed by atoms with Crippen molar-refractivity contribution >= 4 is 21.7 Å². The van der Waals surface area contributed by atoms with Crippen molar-refractivity contribution in [2.24, 2.45) is 0 Å². The third kappa shape index (κ3) is 3.92. The molecule has 1 aliphatic rings. The summed E-state index contributed by atoms with van der Waals surface area (Å²) in [5.74, 6) is 2.10. The lowest BCUT2D eigenvalue weighted by Crippen LogP contribution is -2.39. The molecule has 1 heterocycles. The van der Waals surface area contributed by atoms with E-state index in [1.165, 1.54) is 32.1 Å². The van der Waals surface area contributed by atoms with Crippen LogP contribution < -0.4 is 4.90 Å². The largest absolute Gasteiger partial charge is 0.395 e. The van der Waals surface area contributed by atoms with Gasteiger partial charge in [-0.05, 0) is 28.8 Å². The fourth-order valence-electron chi connectivity index (χ4n) is 2.81.